The number of carbonyl (C=O) groups excluding carboxylic acids is 1. The molecule has 0 spiro atoms. The van der Waals surface area contributed by atoms with Gasteiger partial charge in [-0.15, -0.1) is 0 Å². The molecule has 0 atom stereocenters. The molecule has 80 valence electrons. The highest BCUT2D eigenvalue weighted by Gasteiger charge is 2.26. The number of aromatic nitrogens is 1. The Morgan fingerprint density at radius 1 is 1.60 bits per heavy atom. The fraction of sp³-hybridized carbons (Fsp3) is 0.143. The van der Waals surface area contributed by atoms with Crippen LogP contribution >= 0.6 is 11.6 Å². The fourth-order valence-corrected chi connectivity index (χ4v) is 1.20. The van der Waals surface area contributed by atoms with Crippen LogP contribution in [-0.4, -0.2) is 16.2 Å². The molecule has 5 nitrogen and oxygen atoms in total. The molecule has 0 amide bonds. The molecule has 0 unspecified atom stereocenters. The van der Waals surface area contributed by atoms with Gasteiger partial charge in [-0.3, -0.25) is 14.9 Å². The van der Waals surface area contributed by atoms with Crippen molar-refractivity contribution in [2.45, 2.75) is 6.43 Å². The minimum Gasteiger partial charge on any atom is -0.298 e. The number of aldehydes is 1. The van der Waals surface area contributed by atoms with Crippen LogP contribution in [0.25, 0.3) is 0 Å². The molecule has 0 aliphatic carbocycles. The minimum absolute atomic E-state index is 0.0345. The van der Waals surface area contributed by atoms with Crippen molar-refractivity contribution >= 4 is 23.6 Å². The van der Waals surface area contributed by atoms with E-state index in [0.29, 0.717) is 6.20 Å². The maximum Gasteiger partial charge on any atom is 0.317 e. The van der Waals surface area contributed by atoms with Crippen LogP contribution in [0.2, 0.25) is 5.15 Å². The molecule has 0 aliphatic rings. The molecular weight excluding hydrogens is 234 g/mol. The van der Waals surface area contributed by atoms with Crippen LogP contribution in [0.15, 0.2) is 6.20 Å². The van der Waals surface area contributed by atoms with E-state index in [4.69, 9.17) is 11.6 Å². The second-order valence-electron chi connectivity index (χ2n) is 2.44. The largest absolute Gasteiger partial charge is 0.317 e. The third-order valence-corrected chi connectivity index (χ3v) is 1.89. The highest BCUT2D eigenvalue weighted by Crippen LogP contribution is 2.32. The highest BCUT2D eigenvalue weighted by molar-refractivity contribution is 6.32. The SMILES string of the molecule is O=Cc1c(C(F)F)cnc(Cl)c1[N+](=O)[O-]. The minimum atomic E-state index is -3.02. The molecule has 8 heteroatoms. The zero-order valence-electron chi connectivity index (χ0n) is 6.99. The summed E-state index contributed by atoms with van der Waals surface area (Å²) in [5.41, 5.74) is -2.44. The number of rotatable bonds is 3. The van der Waals surface area contributed by atoms with Gasteiger partial charge in [0.05, 0.1) is 10.5 Å². The molecular formula is C7H3ClF2N2O3. The summed E-state index contributed by atoms with van der Waals surface area (Å²) in [4.78, 5) is 23.1. The van der Waals surface area contributed by atoms with Gasteiger partial charge in [-0.2, -0.15) is 0 Å². The zero-order valence-corrected chi connectivity index (χ0v) is 7.74. The monoisotopic (exact) mass is 236 g/mol. The Morgan fingerprint density at radius 3 is 2.60 bits per heavy atom. The molecule has 15 heavy (non-hydrogen) atoms. The van der Waals surface area contributed by atoms with E-state index in [0.717, 1.165) is 0 Å². The van der Waals surface area contributed by atoms with Crippen molar-refractivity contribution in [3.05, 3.63) is 32.6 Å². The lowest BCUT2D eigenvalue weighted by Crippen LogP contribution is -2.02. The van der Waals surface area contributed by atoms with Crippen LogP contribution in [0.3, 0.4) is 0 Å². The number of halogens is 3. The summed E-state index contributed by atoms with van der Waals surface area (Å²) in [6, 6.07) is 0. The van der Waals surface area contributed by atoms with E-state index in [9.17, 15) is 23.7 Å². The quantitative estimate of drug-likeness (QED) is 0.350. The summed E-state index contributed by atoms with van der Waals surface area (Å²) < 4.78 is 24.7. The van der Waals surface area contributed by atoms with E-state index in [1.54, 1.807) is 0 Å². The normalized spacial score (nSPS) is 10.4. The Balaban J connectivity index is 3.54. The summed E-state index contributed by atoms with van der Waals surface area (Å²) in [5.74, 6) is 0. The van der Waals surface area contributed by atoms with E-state index in [-0.39, 0.29) is 6.29 Å². The van der Waals surface area contributed by atoms with Crippen LogP contribution in [0.5, 0.6) is 0 Å². The number of hydrogen-bond acceptors (Lipinski definition) is 4. The molecule has 0 saturated heterocycles. The first kappa shape index (κ1) is 11.4. The van der Waals surface area contributed by atoms with Crippen molar-refractivity contribution in [1.82, 2.24) is 4.98 Å². The zero-order chi connectivity index (χ0) is 11.6. The first-order valence-corrected chi connectivity index (χ1v) is 3.93. The third-order valence-electron chi connectivity index (χ3n) is 1.61. The lowest BCUT2D eigenvalue weighted by Gasteiger charge is -2.04. The Kier molecular flexibility index (Phi) is 3.25. The number of pyridine rings is 1. The van der Waals surface area contributed by atoms with Crippen molar-refractivity contribution < 1.29 is 18.5 Å². The Bertz CT molecular complexity index is 425. The second-order valence-corrected chi connectivity index (χ2v) is 2.80. The molecule has 1 aromatic rings. The number of alkyl halides is 2. The molecule has 0 bridgehead atoms. The maximum absolute atomic E-state index is 12.3. The fourth-order valence-electron chi connectivity index (χ4n) is 0.976. The number of nitro groups is 1. The van der Waals surface area contributed by atoms with Crippen molar-refractivity contribution in [1.29, 1.82) is 0 Å². The van der Waals surface area contributed by atoms with Crippen LogP contribution in [-0.2, 0) is 0 Å². The van der Waals surface area contributed by atoms with Gasteiger partial charge in [-0.25, -0.2) is 13.8 Å². The Hall–Kier alpha value is -1.63. The molecule has 1 heterocycles. The maximum atomic E-state index is 12.3. The van der Waals surface area contributed by atoms with Gasteiger partial charge < -0.3 is 0 Å². The summed E-state index contributed by atoms with van der Waals surface area (Å²) >= 11 is 5.32. The molecule has 0 N–H and O–H groups in total. The molecule has 0 fully saturated rings. The van der Waals surface area contributed by atoms with Gasteiger partial charge in [-0.05, 0) is 0 Å². The van der Waals surface area contributed by atoms with Crippen molar-refractivity contribution in [3.63, 3.8) is 0 Å². The Morgan fingerprint density at radius 2 is 2.20 bits per heavy atom. The van der Waals surface area contributed by atoms with E-state index >= 15 is 0 Å². The van der Waals surface area contributed by atoms with Gasteiger partial charge in [0.25, 0.3) is 6.43 Å². The van der Waals surface area contributed by atoms with E-state index in [2.05, 4.69) is 4.98 Å². The van der Waals surface area contributed by atoms with Gasteiger partial charge in [0, 0.05) is 6.20 Å². The van der Waals surface area contributed by atoms with Crippen molar-refractivity contribution in [3.8, 4) is 0 Å². The van der Waals surface area contributed by atoms with Crippen LogP contribution < -0.4 is 0 Å². The molecule has 0 saturated carbocycles. The van der Waals surface area contributed by atoms with Crippen LogP contribution in [0.4, 0.5) is 14.5 Å². The first-order valence-electron chi connectivity index (χ1n) is 3.55. The molecule has 0 aliphatic heterocycles. The van der Waals surface area contributed by atoms with Crippen LogP contribution in [0.1, 0.15) is 22.3 Å². The predicted octanol–water partition coefficient (Wildman–Crippen LogP) is 2.39. The topological polar surface area (TPSA) is 73.1 Å². The third kappa shape index (κ3) is 2.07. The standard InChI is InChI=1S/C7H3ClF2N2O3/c8-6-5(12(14)15)4(2-13)3(1-11-6)7(9)10/h1-2,7H. The van der Waals surface area contributed by atoms with Gasteiger partial charge in [0.15, 0.2) is 6.29 Å². The molecule has 1 aromatic heterocycles. The summed E-state index contributed by atoms with van der Waals surface area (Å²) in [7, 11) is 0. The van der Waals surface area contributed by atoms with E-state index in [1.165, 1.54) is 0 Å². The van der Waals surface area contributed by atoms with Gasteiger partial charge in [0.2, 0.25) is 5.15 Å². The van der Waals surface area contributed by atoms with Crippen molar-refractivity contribution in [2.75, 3.05) is 0 Å². The number of nitrogens with zero attached hydrogens (tertiary/aromatic N) is 2. The summed E-state index contributed by atoms with van der Waals surface area (Å²) in [6.45, 7) is 0. The van der Waals surface area contributed by atoms with Crippen molar-refractivity contribution in [2.24, 2.45) is 0 Å². The smallest absolute Gasteiger partial charge is 0.298 e. The van der Waals surface area contributed by atoms with E-state index < -0.39 is 33.3 Å². The highest BCUT2D eigenvalue weighted by atomic mass is 35.5. The van der Waals surface area contributed by atoms with Crippen LogP contribution in [0, 0.1) is 10.1 Å². The van der Waals surface area contributed by atoms with Gasteiger partial charge in [0.1, 0.15) is 5.56 Å². The second kappa shape index (κ2) is 4.26. The number of hydrogen-bond donors (Lipinski definition) is 0. The van der Waals surface area contributed by atoms with Gasteiger partial charge in [-0.1, -0.05) is 11.6 Å². The molecule has 0 radical (unpaired) electrons. The number of carbonyl (C=O) groups is 1. The lowest BCUT2D eigenvalue weighted by molar-refractivity contribution is -0.385. The van der Waals surface area contributed by atoms with E-state index in [1.807, 2.05) is 0 Å². The predicted molar refractivity (Wildman–Crippen MR) is 46.2 cm³/mol. The molecule has 1 rings (SSSR count). The summed E-state index contributed by atoms with van der Waals surface area (Å²) in [5, 5.41) is 9.86. The summed E-state index contributed by atoms with van der Waals surface area (Å²) in [6.07, 6.45) is -2.41. The average molecular weight is 237 g/mol. The van der Waals surface area contributed by atoms with Gasteiger partial charge >= 0.3 is 5.69 Å². The average Bonchev–Trinajstić information content (AvgIpc) is 2.15. The molecule has 0 aromatic carbocycles. The first-order chi connectivity index (χ1) is 6.99. The Labute approximate surface area is 86.8 Å². The lowest BCUT2D eigenvalue weighted by atomic mass is 10.1.